The number of amides is 1. The zero-order chi connectivity index (χ0) is 20.9. The van der Waals surface area contributed by atoms with Crippen molar-refractivity contribution in [3.63, 3.8) is 0 Å². The summed E-state index contributed by atoms with van der Waals surface area (Å²) in [5, 5.41) is 6.57. The standard InChI is InChI=1S/C20H16Cl2N4O3S/c21-11-8-14(22)17(23-9-11)28-12-3-5-20(6-4-12)13-7-10(16-25-19(30)29-26-16)1-2-15(13)24-18(20)27/h1-2,7-9,12H,3-6H2,(H,24,27)(H,25,26,30). The Balaban J connectivity index is 1.39. The lowest BCUT2D eigenvalue weighted by Crippen LogP contribution is -2.41. The number of halogens is 2. The number of nitrogens with zero attached hydrogens (tertiary/aromatic N) is 2. The van der Waals surface area contributed by atoms with Crippen molar-refractivity contribution >= 4 is 47.0 Å². The maximum Gasteiger partial charge on any atom is 0.314 e. The van der Waals surface area contributed by atoms with Gasteiger partial charge in [0.2, 0.25) is 11.8 Å². The summed E-state index contributed by atoms with van der Waals surface area (Å²) in [6, 6.07) is 7.36. The minimum absolute atomic E-state index is 0.0174. The molecule has 1 aromatic carbocycles. The van der Waals surface area contributed by atoms with Crippen molar-refractivity contribution < 1.29 is 14.1 Å². The van der Waals surface area contributed by atoms with Crippen molar-refractivity contribution in [2.45, 2.75) is 37.2 Å². The van der Waals surface area contributed by atoms with Gasteiger partial charge in [0, 0.05) is 17.4 Å². The lowest BCUT2D eigenvalue weighted by molar-refractivity contribution is -0.122. The predicted molar refractivity (Wildman–Crippen MR) is 115 cm³/mol. The molecular formula is C20H16Cl2N4O3S. The van der Waals surface area contributed by atoms with E-state index in [0.717, 1.165) is 16.8 Å². The van der Waals surface area contributed by atoms with Crippen molar-refractivity contribution in [2.75, 3.05) is 5.32 Å². The number of fused-ring (bicyclic) bond motifs is 2. The van der Waals surface area contributed by atoms with E-state index in [1.165, 1.54) is 6.20 Å². The van der Waals surface area contributed by atoms with Gasteiger partial charge in [0.25, 0.3) is 0 Å². The van der Waals surface area contributed by atoms with Crippen LogP contribution < -0.4 is 10.1 Å². The highest BCUT2D eigenvalue weighted by molar-refractivity contribution is 7.71. The molecule has 0 radical (unpaired) electrons. The third-order valence-electron chi connectivity index (χ3n) is 5.77. The Labute approximate surface area is 186 Å². The van der Waals surface area contributed by atoms with E-state index in [-0.39, 0.29) is 16.8 Å². The number of aromatic amines is 1. The monoisotopic (exact) mass is 462 g/mol. The molecule has 0 atom stereocenters. The highest BCUT2D eigenvalue weighted by Gasteiger charge is 2.49. The number of nitrogens with one attached hydrogen (secondary N) is 2. The third kappa shape index (κ3) is 3.29. The number of H-pyrrole nitrogens is 1. The Bertz CT molecular complexity index is 1200. The van der Waals surface area contributed by atoms with E-state index in [4.69, 9.17) is 44.7 Å². The number of anilines is 1. The summed E-state index contributed by atoms with van der Waals surface area (Å²) in [5.41, 5.74) is 2.02. The Hall–Kier alpha value is -2.42. The summed E-state index contributed by atoms with van der Waals surface area (Å²) >= 11 is 17.0. The summed E-state index contributed by atoms with van der Waals surface area (Å²) in [4.78, 5) is 21.4. The van der Waals surface area contributed by atoms with E-state index in [0.29, 0.717) is 47.4 Å². The number of carbonyl (C=O) groups excluding carboxylic acids is 1. The van der Waals surface area contributed by atoms with Crippen LogP contribution in [0.1, 0.15) is 31.2 Å². The highest BCUT2D eigenvalue weighted by atomic mass is 35.5. The molecule has 30 heavy (non-hydrogen) atoms. The largest absolute Gasteiger partial charge is 0.473 e. The van der Waals surface area contributed by atoms with Gasteiger partial charge < -0.3 is 14.6 Å². The summed E-state index contributed by atoms with van der Waals surface area (Å²) in [5.74, 6) is 0.920. The molecule has 1 aliphatic carbocycles. The maximum absolute atomic E-state index is 13.0. The smallest absolute Gasteiger partial charge is 0.314 e. The molecule has 0 unspecified atom stereocenters. The second-order valence-electron chi connectivity index (χ2n) is 7.48. The first-order chi connectivity index (χ1) is 14.4. The van der Waals surface area contributed by atoms with Crippen LogP contribution in [-0.4, -0.2) is 27.1 Å². The average Bonchev–Trinajstić information content (AvgIpc) is 3.27. The first-order valence-electron chi connectivity index (χ1n) is 9.44. The molecule has 2 aromatic heterocycles. The fraction of sp³-hybridized carbons (Fsp3) is 0.300. The van der Waals surface area contributed by atoms with E-state index in [1.807, 2.05) is 18.2 Å². The fourth-order valence-electron chi connectivity index (χ4n) is 4.26. The number of pyridine rings is 1. The maximum atomic E-state index is 13.0. The number of hydrogen-bond acceptors (Lipinski definition) is 6. The van der Waals surface area contributed by atoms with Crippen LogP contribution >= 0.6 is 35.4 Å². The molecule has 7 nitrogen and oxygen atoms in total. The molecule has 154 valence electrons. The molecule has 0 bridgehead atoms. The zero-order valence-electron chi connectivity index (χ0n) is 15.6. The minimum atomic E-state index is -0.594. The number of hydrogen-bond donors (Lipinski definition) is 2. The fourth-order valence-corrected chi connectivity index (χ4v) is 4.82. The Kier molecular flexibility index (Phi) is 4.80. The van der Waals surface area contributed by atoms with Gasteiger partial charge in [0.15, 0.2) is 5.82 Å². The van der Waals surface area contributed by atoms with E-state index in [9.17, 15) is 4.79 Å². The van der Waals surface area contributed by atoms with Crippen LogP contribution in [-0.2, 0) is 10.2 Å². The quantitative estimate of drug-likeness (QED) is 0.512. The van der Waals surface area contributed by atoms with Crippen molar-refractivity contribution in [3.05, 3.63) is 50.9 Å². The van der Waals surface area contributed by atoms with Crippen molar-refractivity contribution in [1.82, 2.24) is 15.1 Å². The van der Waals surface area contributed by atoms with Crippen LogP contribution in [0, 0.1) is 4.84 Å². The number of rotatable bonds is 3. The summed E-state index contributed by atoms with van der Waals surface area (Å²) in [6.45, 7) is 0. The van der Waals surface area contributed by atoms with Crippen LogP contribution in [0.25, 0.3) is 11.4 Å². The first-order valence-corrected chi connectivity index (χ1v) is 10.6. The molecule has 2 N–H and O–H groups in total. The van der Waals surface area contributed by atoms with Crippen molar-refractivity contribution in [2.24, 2.45) is 0 Å². The van der Waals surface area contributed by atoms with Gasteiger partial charge in [-0.2, -0.15) is 4.98 Å². The molecule has 5 rings (SSSR count). The van der Waals surface area contributed by atoms with Gasteiger partial charge in [0.1, 0.15) is 11.1 Å². The van der Waals surface area contributed by atoms with Gasteiger partial charge in [-0.05, 0) is 67.7 Å². The van der Waals surface area contributed by atoms with Gasteiger partial charge in [-0.1, -0.05) is 23.2 Å². The van der Waals surface area contributed by atoms with Crippen LogP contribution in [0.15, 0.2) is 35.0 Å². The van der Waals surface area contributed by atoms with Crippen LogP contribution in [0.5, 0.6) is 5.88 Å². The Morgan fingerprint density at radius 1 is 1.23 bits per heavy atom. The molecule has 1 saturated carbocycles. The summed E-state index contributed by atoms with van der Waals surface area (Å²) < 4.78 is 11.0. The van der Waals surface area contributed by atoms with E-state index >= 15 is 0 Å². The minimum Gasteiger partial charge on any atom is -0.473 e. The van der Waals surface area contributed by atoms with E-state index < -0.39 is 5.41 Å². The SMILES string of the molecule is O=C1Nc2ccc(-c3nc(=S)o[nH]3)cc2C12CCC(Oc1ncc(Cl)cc1Cl)CC2. The molecule has 0 saturated heterocycles. The van der Waals surface area contributed by atoms with Gasteiger partial charge >= 0.3 is 4.84 Å². The lowest BCUT2D eigenvalue weighted by atomic mass is 9.69. The van der Waals surface area contributed by atoms with Gasteiger partial charge in [-0.25, -0.2) is 10.1 Å². The molecular weight excluding hydrogens is 447 g/mol. The predicted octanol–water partition coefficient (Wildman–Crippen LogP) is 5.31. The highest BCUT2D eigenvalue weighted by Crippen LogP contribution is 2.49. The molecule has 1 aliphatic heterocycles. The second-order valence-corrected chi connectivity index (χ2v) is 8.68. The van der Waals surface area contributed by atoms with Crippen molar-refractivity contribution in [3.8, 4) is 17.3 Å². The summed E-state index contributed by atoms with van der Waals surface area (Å²) in [7, 11) is 0. The number of ether oxygens (including phenoxy) is 1. The van der Waals surface area contributed by atoms with Crippen LogP contribution in [0.3, 0.4) is 0 Å². The number of benzene rings is 1. The Morgan fingerprint density at radius 3 is 2.73 bits per heavy atom. The lowest BCUT2D eigenvalue weighted by Gasteiger charge is -2.35. The molecule has 3 heterocycles. The topological polar surface area (TPSA) is 93.0 Å². The third-order valence-corrected chi connectivity index (χ3v) is 6.42. The van der Waals surface area contributed by atoms with Gasteiger partial charge in [0.05, 0.1) is 10.4 Å². The second kappa shape index (κ2) is 7.37. The molecule has 3 aromatic rings. The van der Waals surface area contributed by atoms with Crippen LogP contribution in [0.2, 0.25) is 10.0 Å². The Morgan fingerprint density at radius 2 is 2.03 bits per heavy atom. The molecule has 10 heteroatoms. The van der Waals surface area contributed by atoms with Crippen molar-refractivity contribution in [1.29, 1.82) is 0 Å². The molecule has 1 amide bonds. The molecule has 2 aliphatic rings. The number of aromatic nitrogens is 3. The number of carbonyl (C=O) groups is 1. The first kappa shape index (κ1) is 19.5. The van der Waals surface area contributed by atoms with E-state index in [1.54, 1.807) is 6.07 Å². The normalized spacial score (nSPS) is 22.7. The average molecular weight is 463 g/mol. The summed E-state index contributed by atoms with van der Waals surface area (Å²) in [6.07, 6.45) is 4.13. The van der Waals surface area contributed by atoms with Gasteiger partial charge in [-0.3, -0.25) is 4.79 Å². The van der Waals surface area contributed by atoms with Gasteiger partial charge in [-0.15, -0.1) is 0 Å². The van der Waals surface area contributed by atoms with Crippen LogP contribution in [0.4, 0.5) is 5.69 Å². The molecule has 1 fully saturated rings. The van der Waals surface area contributed by atoms with E-state index in [2.05, 4.69) is 20.4 Å². The molecule has 1 spiro atoms. The zero-order valence-corrected chi connectivity index (χ0v) is 17.9.